The number of fused-ring (bicyclic) bond motifs is 1. The van der Waals surface area contributed by atoms with E-state index < -0.39 is 0 Å². The summed E-state index contributed by atoms with van der Waals surface area (Å²) in [6, 6.07) is 18.4. The van der Waals surface area contributed by atoms with Crippen molar-refractivity contribution in [1.29, 1.82) is 0 Å². The zero-order valence-corrected chi connectivity index (χ0v) is 16.2. The lowest BCUT2D eigenvalue weighted by Gasteiger charge is -2.07. The minimum Gasteiger partial charge on any atom is -1.00 e. The molecular formula is C20H20INO2. The average molecular weight is 433 g/mol. The van der Waals surface area contributed by atoms with Crippen LogP contribution in [-0.2, 0) is 7.05 Å². The van der Waals surface area contributed by atoms with Crippen LogP contribution in [0.2, 0.25) is 0 Å². The average Bonchev–Trinajstić information content (AvgIpc) is 2.61. The monoisotopic (exact) mass is 433 g/mol. The molecule has 4 heteroatoms. The summed E-state index contributed by atoms with van der Waals surface area (Å²) in [5.41, 5.74) is 3.35. The molecule has 0 N–H and O–H groups in total. The summed E-state index contributed by atoms with van der Waals surface area (Å²) in [5.74, 6) is 1.58. The number of aryl methyl sites for hydroxylation is 1. The van der Waals surface area contributed by atoms with Gasteiger partial charge in [-0.3, -0.25) is 0 Å². The molecule has 0 fully saturated rings. The van der Waals surface area contributed by atoms with E-state index in [0.717, 1.165) is 22.8 Å². The first-order valence-electron chi connectivity index (χ1n) is 7.51. The Bertz CT molecular complexity index is 875. The summed E-state index contributed by atoms with van der Waals surface area (Å²) < 4.78 is 12.9. The molecule has 0 aliphatic carbocycles. The first-order chi connectivity index (χ1) is 11.2. The molecule has 3 nitrogen and oxygen atoms in total. The molecular weight excluding hydrogens is 413 g/mol. The van der Waals surface area contributed by atoms with Crippen molar-refractivity contribution < 1.29 is 38.0 Å². The molecule has 0 saturated carbocycles. The van der Waals surface area contributed by atoms with Crippen LogP contribution in [0.15, 0.2) is 54.6 Å². The van der Waals surface area contributed by atoms with Gasteiger partial charge >= 0.3 is 0 Å². The zero-order valence-electron chi connectivity index (χ0n) is 14.0. The van der Waals surface area contributed by atoms with Crippen LogP contribution in [0.4, 0.5) is 0 Å². The molecule has 0 unspecified atom stereocenters. The number of rotatable bonds is 4. The Morgan fingerprint density at radius 1 is 0.875 bits per heavy atom. The van der Waals surface area contributed by atoms with Gasteiger partial charge in [0.2, 0.25) is 11.2 Å². The van der Waals surface area contributed by atoms with Gasteiger partial charge in [-0.15, -0.1) is 0 Å². The number of aromatic nitrogens is 1. The van der Waals surface area contributed by atoms with Gasteiger partial charge in [0, 0.05) is 35.2 Å². The van der Waals surface area contributed by atoms with Crippen LogP contribution >= 0.6 is 0 Å². The Balaban J connectivity index is 0.00000208. The van der Waals surface area contributed by atoms with Crippen LogP contribution in [0.3, 0.4) is 0 Å². The van der Waals surface area contributed by atoms with E-state index in [1.54, 1.807) is 14.2 Å². The largest absolute Gasteiger partial charge is 1.00 e. The van der Waals surface area contributed by atoms with Gasteiger partial charge in [-0.05, 0) is 30.3 Å². The molecule has 0 saturated heterocycles. The highest BCUT2D eigenvalue weighted by Gasteiger charge is 2.09. The molecule has 0 aliphatic rings. The van der Waals surface area contributed by atoms with Crippen molar-refractivity contribution in [2.45, 2.75) is 0 Å². The van der Waals surface area contributed by atoms with Crippen LogP contribution in [0.25, 0.3) is 23.1 Å². The van der Waals surface area contributed by atoms with Crippen molar-refractivity contribution in [2.75, 3.05) is 14.2 Å². The van der Waals surface area contributed by atoms with Crippen LogP contribution in [-0.4, -0.2) is 14.2 Å². The fraction of sp³-hybridized carbons (Fsp3) is 0.150. The lowest BCUT2D eigenvalue weighted by molar-refractivity contribution is -0.646. The number of nitrogens with zero attached hydrogens (tertiary/aromatic N) is 1. The molecule has 0 bridgehead atoms. The van der Waals surface area contributed by atoms with E-state index in [4.69, 9.17) is 9.47 Å². The van der Waals surface area contributed by atoms with Crippen molar-refractivity contribution >= 4 is 23.1 Å². The van der Waals surface area contributed by atoms with Gasteiger partial charge in [0.1, 0.15) is 18.5 Å². The van der Waals surface area contributed by atoms with Crippen molar-refractivity contribution in [1.82, 2.24) is 0 Å². The maximum Gasteiger partial charge on any atom is 0.212 e. The van der Waals surface area contributed by atoms with E-state index in [1.807, 2.05) is 18.2 Å². The van der Waals surface area contributed by atoms with Gasteiger partial charge in [-0.25, -0.2) is 0 Å². The minimum absolute atomic E-state index is 0. The number of para-hydroxylation sites is 1. The smallest absolute Gasteiger partial charge is 0.212 e. The van der Waals surface area contributed by atoms with Crippen molar-refractivity contribution in [3.63, 3.8) is 0 Å². The zero-order chi connectivity index (χ0) is 16.2. The van der Waals surface area contributed by atoms with Crippen LogP contribution in [0, 0.1) is 0 Å². The van der Waals surface area contributed by atoms with E-state index in [2.05, 4.69) is 60.2 Å². The van der Waals surface area contributed by atoms with Gasteiger partial charge < -0.3 is 33.5 Å². The Hall–Kier alpha value is -2.08. The molecule has 0 atom stereocenters. The predicted molar refractivity (Wildman–Crippen MR) is 93.6 cm³/mol. The number of hydrogen-bond donors (Lipinski definition) is 0. The van der Waals surface area contributed by atoms with E-state index in [9.17, 15) is 0 Å². The first-order valence-corrected chi connectivity index (χ1v) is 7.51. The van der Waals surface area contributed by atoms with Gasteiger partial charge in [0.05, 0.1) is 14.2 Å². The summed E-state index contributed by atoms with van der Waals surface area (Å²) in [7, 11) is 5.40. The molecule has 3 rings (SSSR count). The lowest BCUT2D eigenvalue weighted by Crippen LogP contribution is -3.00. The molecule has 0 radical (unpaired) electrons. The van der Waals surface area contributed by atoms with Gasteiger partial charge in [0.25, 0.3) is 0 Å². The Morgan fingerprint density at radius 3 is 2.42 bits per heavy atom. The maximum atomic E-state index is 5.44. The third-order valence-corrected chi connectivity index (χ3v) is 3.99. The second-order valence-corrected chi connectivity index (χ2v) is 5.32. The Labute approximate surface area is 159 Å². The number of halogens is 1. The number of pyridine rings is 1. The van der Waals surface area contributed by atoms with Crippen molar-refractivity contribution in [3.8, 4) is 11.5 Å². The maximum absolute atomic E-state index is 5.44. The lowest BCUT2D eigenvalue weighted by atomic mass is 10.1. The highest BCUT2D eigenvalue weighted by atomic mass is 127. The molecule has 0 aliphatic heterocycles. The minimum atomic E-state index is 0. The van der Waals surface area contributed by atoms with E-state index in [0.29, 0.717) is 0 Å². The second-order valence-electron chi connectivity index (χ2n) is 5.32. The number of hydrogen-bond acceptors (Lipinski definition) is 2. The van der Waals surface area contributed by atoms with Crippen molar-refractivity contribution in [3.05, 3.63) is 65.9 Å². The summed E-state index contributed by atoms with van der Waals surface area (Å²) in [5, 5.41) is 1.23. The highest BCUT2D eigenvalue weighted by Crippen LogP contribution is 2.26. The quantitative estimate of drug-likeness (QED) is 0.450. The molecule has 1 aromatic heterocycles. The Morgan fingerprint density at radius 2 is 1.67 bits per heavy atom. The summed E-state index contributed by atoms with van der Waals surface area (Å²) >= 11 is 0. The topological polar surface area (TPSA) is 22.3 Å². The van der Waals surface area contributed by atoms with Crippen molar-refractivity contribution in [2.24, 2.45) is 7.05 Å². The standard InChI is InChI=1S/C20H20NO2.HI/c1-21-17(11-8-15-6-4-5-7-19(15)21)12-9-16-10-13-18(22-2)14-20(16)23-3;/h4-14H,1-3H3;1H/q+1;/p-1/b12-9+;. The predicted octanol–water partition coefficient (Wildman–Crippen LogP) is 0.856. The molecule has 124 valence electrons. The molecule has 1 heterocycles. The molecule has 2 aromatic carbocycles. The summed E-state index contributed by atoms with van der Waals surface area (Å²) in [6.45, 7) is 0. The van der Waals surface area contributed by atoms with Crippen LogP contribution in [0.5, 0.6) is 11.5 Å². The molecule has 0 amide bonds. The third-order valence-electron chi connectivity index (χ3n) is 3.99. The molecule has 24 heavy (non-hydrogen) atoms. The highest BCUT2D eigenvalue weighted by molar-refractivity contribution is 5.77. The normalized spacial score (nSPS) is 10.6. The number of benzene rings is 2. The van der Waals surface area contributed by atoms with E-state index in [-0.39, 0.29) is 24.0 Å². The summed E-state index contributed by atoms with van der Waals surface area (Å²) in [6.07, 6.45) is 4.15. The third kappa shape index (κ3) is 3.70. The van der Waals surface area contributed by atoms with Gasteiger partial charge in [-0.2, -0.15) is 4.57 Å². The molecule has 0 spiro atoms. The first kappa shape index (κ1) is 18.3. The fourth-order valence-corrected chi connectivity index (χ4v) is 2.66. The SMILES string of the molecule is COc1ccc(/C=C/c2ccc3ccccc3[n+]2C)c(OC)c1.[I-]. The van der Waals surface area contributed by atoms with Crippen LogP contribution in [0.1, 0.15) is 11.3 Å². The number of methoxy groups -OCH3 is 2. The Kier molecular flexibility index (Phi) is 6.20. The van der Waals surface area contributed by atoms with Crippen LogP contribution < -0.4 is 38.0 Å². The van der Waals surface area contributed by atoms with Gasteiger partial charge in [0.15, 0.2) is 0 Å². The number of ether oxygens (including phenoxy) is 2. The molecule has 3 aromatic rings. The van der Waals surface area contributed by atoms with E-state index >= 15 is 0 Å². The van der Waals surface area contributed by atoms with Gasteiger partial charge in [-0.1, -0.05) is 12.1 Å². The van der Waals surface area contributed by atoms with E-state index in [1.165, 1.54) is 10.9 Å². The second kappa shape index (κ2) is 8.15. The summed E-state index contributed by atoms with van der Waals surface area (Å²) in [4.78, 5) is 0. The fourth-order valence-electron chi connectivity index (χ4n) is 2.66.